The Hall–Kier alpha value is -1.88. The summed E-state index contributed by atoms with van der Waals surface area (Å²) in [7, 11) is 3.50. The topological polar surface area (TPSA) is 39.1 Å². The summed E-state index contributed by atoms with van der Waals surface area (Å²) in [5, 5.41) is 7.75. The molecule has 21 heavy (non-hydrogen) atoms. The summed E-state index contributed by atoms with van der Waals surface area (Å²) in [5.41, 5.74) is 2.88. The van der Waals surface area contributed by atoms with Gasteiger partial charge in [0.2, 0.25) is 0 Å². The van der Waals surface area contributed by atoms with Crippen molar-refractivity contribution in [1.82, 2.24) is 15.1 Å². The molecule has 1 aromatic heterocycles. The number of nitrogens with one attached hydrogen (secondary N) is 1. The maximum atomic E-state index is 13.7. The molecule has 0 saturated carbocycles. The van der Waals surface area contributed by atoms with Crippen LogP contribution in [-0.2, 0) is 7.05 Å². The van der Waals surface area contributed by atoms with Crippen LogP contribution in [0.4, 0.5) is 4.39 Å². The van der Waals surface area contributed by atoms with Gasteiger partial charge in [-0.15, -0.1) is 0 Å². The monoisotopic (exact) mass is 291 g/mol. The Morgan fingerprint density at radius 2 is 2.14 bits per heavy atom. The number of ether oxygens (including phenoxy) is 1. The van der Waals surface area contributed by atoms with Gasteiger partial charge in [-0.05, 0) is 38.1 Å². The Morgan fingerprint density at radius 3 is 2.71 bits per heavy atom. The molecule has 114 valence electrons. The quantitative estimate of drug-likeness (QED) is 0.889. The smallest absolute Gasteiger partial charge is 0.124 e. The second-order valence-electron chi connectivity index (χ2n) is 5.08. The molecule has 0 aliphatic rings. The summed E-state index contributed by atoms with van der Waals surface area (Å²) in [5.74, 6) is 0.406. The van der Waals surface area contributed by atoms with E-state index in [1.807, 2.05) is 24.9 Å². The van der Waals surface area contributed by atoms with E-state index < -0.39 is 0 Å². The molecule has 0 spiro atoms. The number of methoxy groups -OCH3 is 1. The molecule has 0 fully saturated rings. The van der Waals surface area contributed by atoms with Crippen LogP contribution in [0.1, 0.15) is 36.2 Å². The van der Waals surface area contributed by atoms with Crippen molar-refractivity contribution in [1.29, 1.82) is 0 Å². The molecule has 2 rings (SSSR count). The summed E-state index contributed by atoms with van der Waals surface area (Å²) in [6.45, 7) is 4.94. The summed E-state index contributed by atoms with van der Waals surface area (Å²) >= 11 is 0. The van der Waals surface area contributed by atoms with Crippen LogP contribution in [0.15, 0.2) is 24.4 Å². The average molecular weight is 291 g/mol. The van der Waals surface area contributed by atoms with Gasteiger partial charge in [0.05, 0.1) is 19.3 Å². The Morgan fingerprint density at radius 1 is 1.38 bits per heavy atom. The van der Waals surface area contributed by atoms with Crippen molar-refractivity contribution in [2.24, 2.45) is 7.05 Å². The summed E-state index contributed by atoms with van der Waals surface area (Å²) in [6.07, 6.45) is 2.82. The maximum Gasteiger partial charge on any atom is 0.124 e. The lowest BCUT2D eigenvalue weighted by Gasteiger charge is -2.21. The molecule has 5 heteroatoms. The fraction of sp³-hybridized carbons (Fsp3) is 0.438. The normalized spacial score (nSPS) is 12.4. The molecule has 0 aliphatic carbocycles. The predicted molar refractivity (Wildman–Crippen MR) is 81.0 cm³/mol. The van der Waals surface area contributed by atoms with Gasteiger partial charge in [-0.25, -0.2) is 4.39 Å². The lowest BCUT2D eigenvalue weighted by Crippen LogP contribution is -2.24. The Balaban J connectivity index is 2.50. The molecule has 2 aromatic rings. The highest BCUT2D eigenvalue weighted by molar-refractivity contribution is 5.42. The van der Waals surface area contributed by atoms with Gasteiger partial charge in [-0.2, -0.15) is 5.10 Å². The molecule has 1 N–H and O–H groups in total. The molecule has 0 saturated heterocycles. The molecule has 1 atom stereocenters. The zero-order valence-corrected chi connectivity index (χ0v) is 13.0. The minimum Gasteiger partial charge on any atom is -0.496 e. The van der Waals surface area contributed by atoms with E-state index in [0.29, 0.717) is 5.75 Å². The van der Waals surface area contributed by atoms with Crippen LogP contribution < -0.4 is 10.1 Å². The minimum atomic E-state index is -0.268. The van der Waals surface area contributed by atoms with E-state index in [4.69, 9.17) is 4.74 Å². The SMILES string of the molecule is CCCNC(c1cc(F)ccc1OC)c1cnn(C)c1C. The largest absolute Gasteiger partial charge is 0.496 e. The first-order valence-corrected chi connectivity index (χ1v) is 7.13. The molecule has 0 amide bonds. The van der Waals surface area contributed by atoms with Crippen molar-refractivity contribution in [3.05, 3.63) is 47.0 Å². The number of halogens is 1. The van der Waals surface area contributed by atoms with Crippen molar-refractivity contribution in [2.45, 2.75) is 26.3 Å². The van der Waals surface area contributed by atoms with Gasteiger partial charge in [0, 0.05) is 23.9 Å². The Labute approximate surface area is 124 Å². The van der Waals surface area contributed by atoms with Gasteiger partial charge >= 0.3 is 0 Å². The molecular formula is C16H22FN3O. The summed E-state index contributed by atoms with van der Waals surface area (Å²) < 4.78 is 20.9. The molecule has 0 radical (unpaired) electrons. The van der Waals surface area contributed by atoms with Crippen LogP contribution in [0.5, 0.6) is 5.75 Å². The molecule has 0 bridgehead atoms. The molecule has 1 unspecified atom stereocenters. The van der Waals surface area contributed by atoms with Gasteiger partial charge in [0.1, 0.15) is 11.6 Å². The van der Waals surface area contributed by atoms with Crippen LogP contribution in [0.25, 0.3) is 0 Å². The van der Waals surface area contributed by atoms with E-state index in [2.05, 4.69) is 17.3 Å². The Kier molecular flexibility index (Phi) is 4.96. The molecule has 1 heterocycles. The number of nitrogens with zero attached hydrogens (tertiary/aromatic N) is 2. The standard InChI is InChI=1S/C16H22FN3O/c1-5-8-18-16(14-10-19-20(3)11(14)2)13-9-12(17)6-7-15(13)21-4/h6-7,9-10,16,18H,5,8H2,1-4H3. The van der Waals surface area contributed by atoms with E-state index >= 15 is 0 Å². The molecular weight excluding hydrogens is 269 g/mol. The number of hydrogen-bond acceptors (Lipinski definition) is 3. The zero-order chi connectivity index (χ0) is 15.4. The van der Waals surface area contributed by atoms with Crippen molar-refractivity contribution >= 4 is 0 Å². The van der Waals surface area contributed by atoms with Crippen LogP contribution in [0, 0.1) is 12.7 Å². The number of aryl methyl sites for hydroxylation is 1. The van der Waals surface area contributed by atoms with Crippen LogP contribution >= 0.6 is 0 Å². The van der Waals surface area contributed by atoms with Crippen LogP contribution in [0.3, 0.4) is 0 Å². The molecule has 0 aliphatic heterocycles. The first kappa shape index (κ1) is 15.5. The summed E-state index contributed by atoms with van der Waals surface area (Å²) in [6, 6.07) is 4.47. The first-order chi connectivity index (χ1) is 10.1. The van der Waals surface area contributed by atoms with Crippen molar-refractivity contribution in [3.8, 4) is 5.75 Å². The second kappa shape index (κ2) is 6.72. The fourth-order valence-corrected chi connectivity index (χ4v) is 2.41. The summed E-state index contributed by atoms with van der Waals surface area (Å²) in [4.78, 5) is 0. The Bertz CT molecular complexity index is 610. The first-order valence-electron chi connectivity index (χ1n) is 7.13. The van der Waals surface area contributed by atoms with Gasteiger partial charge in [0.25, 0.3) is 0 Å². The lowest BCUT2D eigenvalue weighted by molar-refractivity contribution is 0.402. The van der Waals surface area contributed by atoms with E-state index in [0.717, 1.165) is 29.8 Å². The lowest BCUT2D eigenvalue weighted by atomic mass is 9.98. The molecule has 1 aromatic carbocycles. The molecule has 4 nitrogen and oxygen atoms in total. The highest BCUT2D eigenvalue weighted by Crippen LogP contribution is 2.32. The van der Waals surface area contributed by atoms with E-state index in [1.165, 1.54) is 12.1 Å². The highest BCUT2D eigenvalue weighted by atomic mass is 19.1. The average Bonchev–Trinajstić information content (AvgIpc) is 2.80. The number of hydrogen-bond donors (Lipinski definition) is 1. The van der Waals surface area contributed by atoms with E-state index in [-0.39, 0.29) is 11.9 Å². The highest BCUT2D eigenvalue weighted by Gasteiger charge is 2.22. The van der Waals surface area contributed by atoms with Crippen LogP contribution in [0.2, 0.25) is 0 Å². The van der Waals surface area contributed by atoms with Crippen molar-refractivity contribution < 1.29 is 9.13 Å². The van der Waals surface area contributed by atoms with Gasteiger partial charge in [0.15, 0.2) is 0 Å². The van der Waals surface area contributed by atoms with Gasteiger partial charge in [-0.3, -0.25) is 4.68 Å². The fourth-order valence-electron chi connectivity index (χ4n) is 2.41. The van der Waals surface area contributed by atoms with Crippen LogP contribution in [-0.4, -0.2) is 23.4 Å². The van der Waals surface area contributed by atoms with Crippen molar-refractivity contribution in [2.75, 3.05) is 13.7 Å². The number of benzene rings is 1. The van der Waals surface area contributed by atoms with E-state index in [9.17, 15) is 4.39 Å². The predicted octanol–water partition coefficient (Wildman–Crippen LogP) is 2.97. The van der Waals surface area contributed by atoms with Gasteiger partial charge in [-0.1, -0.05) is 6.92 Å². The second-order valence-corrected chi connectivity index (χ2v) is 5.08. The van der Waals surface area contributed by atoms with Gasteiger partial charge < -0.3 is 10.1 Å². The third-order valence-electron chi connectivity index (χ3n) is 3.69. The third kappa shape index (κ3) is 3.24. The number of rotatable bonds is 6. The zero-order valence-electron chi connectivity index (χ0n) is 13.0. The van der Waals surface area contributed by atoms with E-state index in [1.54, 1.807) is 13.2 Å². The number of aromatic nitrogens is 2. The third-order valence-corrected chi connectivity index (χ3v) is 3.69. The minimum absolute atomic E-state index is 0.135. The maximum absolute atomic E-state index is 13.7. The van der Waals surface area contributed by atoms with Crippen molar-refractivity contribution in [3.63, 3.8) is 0 Å².